The fraction of sp³-hybridized carbons (Fsp3) is 0.462. The third kappa shape index (κ3) is 3.25. The van der Waals surface area contributed by atoms with Crippen molar-refractivity contribution in [2.75, 3.05) is 38.1 Å². The first-order valence-electron chi connectivity index (χ1n) is 6.74. The Bertz CT molecular complexity index is 684. The van der Waals surface area contributed by atoms with E-state index in [-0.39, 0.29) is 0 Å². The van der Waals surface area contributed by atoms with E-state index in [1.807, 2.05) is 0 Å². The van der Waals surface area contributed by atoms with Crippen LogP contribution >= 0.6 is 0 Å². The maximum Gasteiger partial charge on any atom is 0.242 e. The van der Waals surface area contributed by atoms with Gasteiger partial charge >= 0.3 is 0 Å². The number of anilines is 1. The molecule has 2 rings (SSSR count). The molecule has 1 fully saturated rings. The number of amides is 1. The van der Waals surface area contributed by atoms with Gasteiger partial charge in [0.05, 0.1) is 0 Å². The average molecular weight is 300 g/mol. The summed E-state index contributed by atoms with van der Waals surface area (Å²) in [5.41, 5.74) is 8.94. The molecule has 2 heterocycles. The van der Waals surface area contributed by atoms with Gasteiger partial charge in [-0.1, -0.05) is 0 Å². The topological polar surface area (TPSA) is 114 Å². The molecule has 9 nitrogen and oxygen atoms in total. The molecule has 0 atom stereocenters. The molecule has 22 heavy (non-hydrogen) atoms. The second kappa shape index (κ2) is 6.76. The highest BCUT2D eigenvalue weighted by Crippen LogP contribution is 2.20. The first-order chi connectivity index (χ1) is 10.6. The number of carbonyl (C=O) groups is 1. The Kier molecular flexibility index (Phi) is 4.78. The lowest BCUT2D eigenvalue weighted by molar-refractivity contribution is -0.113. The largest absolute Gasteiger partial charge is 0.340 e. The van der Waals surface area contributed by atoms with Crippen LogP contribution in [0.4, 0.5) is 5.95 Å². The van der Waals surface area contributed by atoms with Crippen molar-refractivity contribution in [1.29, 1.82) is 5.26 Å². The standard InChI is InChI=1S/C13H16N8O/c1-19-5-7-21(8-6-19)13-16-10(11(9-14)20(13)2)3-4-12(22)17-18-15/h3-4H,5-8H2,1-2H3/b4-3+. The van der Waals surface area contributed by atoms with Crippen molar-refractivity contribution in [3.63, 3.8) is 0 Å². The van der Waals surface area contributed by atoms with Crippen LogP contribution in [0.2, 0.25) is 0 Å². The average Bonchev–Trinajstić information content (AvgIpc) is 2.82. The van der Waals surface area contributed by atoms with Crippen molar-refractivity contribution in [3.05, 3.63) is 27.9 Å². The molecule has 1 amide bonds. The molecule has 1 aliphatic rings. The number of imidazole rings is 1. The number of rotatable bonds is 3. The summed E-state index contributed by atoms with van der Waals surface area (Å²) in [5.74, 6) is -0.0290. The zero-order valence-electron chi connectivity index (χ0n) is 12.5. The van der Waals surface area contributed by atoms with Gasteiger partial charge in [-0.25, -0.2) is 4.98 Å². The highest BCUT2D eigenvalue weighted by atomic mass is 16.1. The lowest BCUT2D eigenvalue weighted by Gasteiger charge is -2.32. The van der Waals surface area contributed by atoms with Crippen LogP contribution < -0.4 is 4.90 Å². The predicted octanol–water partition coefficient (Wildman–Crippen LogP) is 0.894. The van der Waals surface area contributed by atoms with Crippen molar-refractivity contribution in [3.8, 4) is 6.07 Å². The molecule has 1 saturated heterocycles. The van der Waals surface area contributed by atoms with Gasteiger partial charge in [-0.05, 0) is 29.8 Å². The Morgan fingerprint density at radius 1 is 1.41 bits per heavy atom. The third-order valence-corrected chi connectivity index (χ3v) is 3.52. The third-order valence-electron chi connectivity index (χ3n) is 3.52. The Morgan fingerprint density at radius 3 is 2.68 bits per heavy atom. The molecular weight excluding hydrogens is 284 g/mol. The first-order valence-corrected chi connectivity index (χ1v) is 6.74. The smallest absolute Gasteiger partial charge is 0.242 e. The van der Waals surface area contributed by atoms with Gasteiger partial charge in [0.2, 0.25) is 11.9 Å². The number of nitrogens with zero attached hydrogens (tertiary/aromatic N) is 8. The van der Waals surface area contributed by atoms with Crippen LogP contribution in [-0.2, 0) is 11.8 Å². The number of hydrogen-bond acceptors (Lipinski definition) is 5. The molecule has 0 spiro atoms. The van der Waals surface area contributed by atoms with E-state index in [9.17, 15) is 10.1 Å². The molecule has 0 aromatic carbocycles. The van der Waals surface area contributed by atoms with Crippen LogP contribution in [0.15, 0.2) is 11.2 Å². The van der Waals surface area contributed by atoms with E-state index in [0.29, 0.717) is 17.3 Å². The number of likely N-dealkylation sites (N-methyl/N-ethyl adjacent to an activating group) is 1. The van der Waals surface area contributed by atoms with E-state index in [4.69, 9.17) is 5.53 Å². The van der Waals surface area contributed by atoms with E-state index >= 15 is 0 Å². The summed E-state index contributed by atoms with van der Waals surface area (Å²) in [7, 11) is 3.83. The van der Waals surface area contributed by atoms with Gasteiger partial charge in [0.15, 0.2) is 0 Å². The quantitative estimate of drug-likeness (QED) is 0.356. The van der Waals surface area contributed by atoms with Crippen molar-refractivity contribution in [1.82, 2.24) is 14.5 Å². The van der Waals surface area contributed by atoms with Gasteiger partial charge in [-0.15, -0.1) is 0 Å². The molecule has 1 aromatic heterocycles. The minimum Gasteiger partial charge on any atom is -0.340 e. The minimum absolute atomic E-state index is 0.360. The fourth-order valence-electron chi connectivity index (χ4n) is 2.27. The lowest BCUT2D eigenvalue weighted by Crippen LogP contribution is -2.45. The Hall–Kier alpha value is -2.82. The molecule has 0 bridgehead atoms. The van der Waals surface area contributed by atoms with Crippen LogP contribution in [0, 0.1) is 11.3 Å². The van der Waals surface area contributed by atoms with Gasteiger partial charge in [-0.2, -0.15) is 5.26 Å². The van der Waals surface area contributed by atoms with Crippen molar-refractivity contribution >= 4 is 17.9 Å². The second-order valence-electron chi connectivity index (χ2n) is 4.97. The van der Waals surface area contributed by atoms with E-state index in [1.165, 1.54) is 6.08 Å². The van der Waals surface area contributed by atoms with Crippen molar-refractivity contribution in [2.24, 2.45) is 12.2 Å². The zero-order chi connectivity index (χ0) is 16.1. The molecule has 9 heteroatoms. The second-order valence-corrected chi connectivity index (χ2v) is 4.97. The Morgan fingerprint density at radius 2 is 2.09 bits per heavy atom. The Balaban J connectivity index is 2.29. The van der Waals surface area contributed by atoms with Crippen LogP contribution in [0.3, 0.4) is 0 Å². The van der Waals surface area contributed by atoms with Crippen molar-refractivity contribution in [2.45, 2.75) is 0 Å². The summed E-state index contributed by atoms with van der Waals surface area (Å²) in [6, 6.07) is 2.09. The first kappa shape index (κ1) is 15.6. The maximum atomic E-state index is 11.2. The Labute approximate surface area is 127 Å². The SMILES string of the molecule is CN1CCN(c2nc(/C=C/C(=O)N=[N+]=[N-])c(C#N)n2C)CC1. The van der Waals surface area contributed by atoms with Gasteiger partial charge in [0.1, 0.15) is 17.5 Å². The predicted molar refractivity (Wildman–Crippen MR) is 80.8 cm³/mol. The normalized spacial score (nSPS) is 15.6. The number of piperazine rings is 1. The van der Waals surface area contributed by atoms with E-state index in [0.717, 1.165) is 32.3 Å². The molecule has 0 N–H and O–H groups in total. The van der Waals surface area contributed by atoms with Gasteiger partial charge < -0.3 is 14.4 Å². The number of nitriles is 1. The minimum atomic E-state index is -0.724. The lowest BCUT2D eigenvalue weighted by atomic mass is 10.3. The molecule has 114 valence electrons. The summed E-state index contributed by atoms with van der Waals surface area (Å²) in [4.78, 5) is 22.4. The molecule has 1 aliphatic heterocycles. The number of carbonyl (C=O) groups excluding carboxylic acids is 1. The summed E-state index contributed by atoms with van der Waals surface area (Å²) >= 11 is 0. The van der Waals surface area contributed by atoms with Crippen LogP contribution in [-0.4, -0.2) is 53.6 Å². The molecule has 0 saturated carbocycles. The molecular formula is C13H16N8O. The van der Waals surface area contributed by atoms with Crippen LogP contribution in [0.5, 0.6) is 0 Å². The highest BCUT2D eigenvalue weighted by molar-refractivity contribution is 5.92. The molecule has 0 radical (unpaired) electrons. The molecule has 1 aromatic rings. The summed E-state index contributed by atoms with van der Waals surface area (Å²) < 4.78 is 1.71. The van der Waals surface area contributed by atoms with Gasteiger partial charge in [0.25, 0.3) is 0 Å². The summed E-state index contributed by atoms with van der Waals surface area (Å²) in [6.45, 7) is 3.50. The maximum absolute atomic E-state index is 11.2. The fourth-order valence-corrected chi connectivity index (χ4v) is 2.27. The van der Waals surface area contributed by atoms with Crippen LogP contribution in [0.1, 0.15) is 11.4 Å². The van der Waals surface area contributed by atoms with Crippen molar-refractivity contribution < 1.29 is 4.79 Å². The number of hydrogen-bond donors (Lipinski definition) is 0. The van der Waals surface area contributed by atoms with Gasteiger partial charge in [0, 0.05) is 38.1 Å². The van der Waals surface area contributed by atoms with Crippen LogP contribution in [0.25, 0.3) is 16.5 Å². The monoisotopic (exact) mass is 300 g/mol. The van der Waals surface area contributed by atoms with E-state index in [1.54, 1.807) is 11.6 Å². The molecule has 0 unspecified atom stereocenters. The number of aromatic nitrogens is 2. The summed E-state index contributed by atoms with van der Waals surface area (Å²) in [5, 5.41) is 12.2. The van der Waals surface area contributed by atoms with E-state index < -0.39 is 5.91 Å². The zero-order valence-corrected chi connectivity index (χ0v) is 12.5. The summed E-state index contributed by atoms with van der Waals surface area (Å²) in [6.07, 6.45) is 2.51. The number of azide groups is 1. The van der Waals surface area contributed by atoms with Gasteiger partial charge in [-0.3, -0.25) is 4.79 Å². The van der Waals surface area contributed by atoms with E-state index in [2.05, 4.69) is 37.9 Å². The molecule has 0 aliphatic carbocycles. The highest BCUT2D eigenvalue weighted by Gasteiger charge is 2.21.